The van der Waals surface area contributed by atoms with Crippen molar-refractivity contribution in [1.29, 1.82) is 0 Å². The fourth-order valence-corrected chi connectivity index (χ4v) is 6.20. The first-order valence-electron chi connectivity index (χ1n) is 9.38. The summed E-state index contributed by atoms with van der Waals surface area (Å²) >= 11 is 0. The van der Waals surface area contributed by atoms with Gasteiger partial charge in [-0.1, -0.05) is 97.1 Å². The van der Waals surface area contributed by atoms with Crippen LogP contribution >= 0.6 is 0 Å². The number of hydrogen-bond acceptors (Lipinski definition) is 5. The molecular weight excluding hydrogens is 432 g/mol. The van der Waals surface area contributed by atoms with Crippen molar-refractivity contribution in [2.75, 3.05) is 0 Å². The Hall–Kier alpha value is -3.26. The minimum atomic E-state index is -4.63. The first-order chi connectivity index (χ1) is 14.9. The standard InChI is InChI=1S/C24H18O5S2/c25-30(26,23-17-9-7-15-21(23)19-11-3-1-4-12-19)29-31(27,28)24-18-10-8-16-22(24)20-13-5-2-6-14-20/h1-18H. The van der Waals surface area contributed by atoms with Gasteiger partial charge in [0.25, 0.3) is 0 Å². The fraction of sp³-hybridized carbons (Fsp3) is 0. The largest absolute Gasteiger partial charge is 0.312 e. The van der Waals surface area contributed by atoms with Crippen molar-refractivity contribution in [1.82, 2.24) is 0 Å². The Labute approximate surface area is 181 Å². The Bertz CT molecular complexity index is 1300. The highest BCUT2D eigenvalue weighted by Crippen LogP contribution is 2.33. The van der Waals surface area contributed by atoms with Gasteiger partial charge < -0.3 is 0 Å². The van der Waals surface area contributed by atoms with E-state index in [0.717, 1.165) is 0 Å². The van der Waals surface area contributed by atoms with Crippen LogP contribution in [0.25, 0.3) is 22.3 Å². The first kappa shape index (κ1) is 21.0. The van der Waals surface area contributed by atoms with E-state index in [1.165, 1.54) is 24.3 Å². The van der Waals surface area contributed by atoms with E-state index in [0.29, 0.717) is 22.3 Å². The maximum atomic E-state index is 13.1. The SMILES string of the molecule is O=S(=O)(OS(=O)(=O)c1ccccc1-c1ccccc1)c1ccccc1-c1ccccc1. The predicted octanol–water partition coefficient (Wildman–Crippen LogP) is 5.11. The van der Waals surface area contributed by atoms with E-state index in [2.05, 4.69) is 0 Å². The van der Waals surface area contributed by atoms with E-state index < -0.39 is 20.2 Å². The molecule has 4 aromatic rings. The van der Waals surface area contributed by atoms with Crippen LogP contribution in [0.15, 0.2) is 119 Å². The van der Waals surface area contributed by atoms with Gasteiger partial charge in [0.05, 0.1) is 0 Å². The highest BCUT2D eigenvalue weighted by atomic mass is 32.3. The lowest BCUT2D eigenvalue weighted by Gasteiger charge is -2.13. The van der Waals surface area contributed by atoms with E-state index in [-0.39, 0.29) is 9.79 Å². The second-order valence-corrected chi connectivity index (χ2v) is 9.94. The van der Waals surface area contributed by atoms with Crippen LogP contribution in [-0.4, -0.2) is 16.8 Å². The molecule has 31 heavy (non-hydrogen) atoms. The van der Waals surface area contributed by atoms with Gasteiger partial charge >= 0.3 is 20.2 Å². The predicted molar refractivity (Wildman–Crippen MR) is 119 cm³/mol. The Morgan fingerprint density at radius 1 is 0.419 bits per heavy atom. The van der Waals surface area contributed by atoms with Gasteiger partial charge in [0.2, 0.25) is 0 Å². The molecule has 0 bridgehead atoms. The highest BCUT2D eigenvalue weighted by molar-refractivity contribution is 8.00. The summed E-state index contributed by atoms with van der Waals surface area (Å²) in [6.45, 7) is 0. The molecule has 0 spiro atoms. The first-order valence-corrected chi connectivity index (χ1v) is 12.2. The van der Waals surface area contributed by atoms with Crippen LogP contribution in [0.5, 0.6) is 0 Å². The zero-order chi connectivity index (χ0) is 21.9. The Kier molecular flexibility index (Phi) is 5.73. The third kappa shape index (κ3) is 4.44. The normalized spacial score (nSPS) is 11.9. The van der Waals surface area contributed by atoms with Gasteiger partial charge in [-0.05, 0) is 23.3 Å². The molecule has 0 atom stereocenters. The molecule has 0 aliphatic rings. The van der Waals surface area contributed by atoms with Crippen LogP contribution in [0, 0.1) is 0 Å². The van der Waals surface area contributed by atoms with Gasteiger partial charge in [-0.15, -0.1) is 3.63 Å². The van der Waals surface area contributed by atoms with Gasteiger partial charge in [0.1, 0.15) is 9.79 Å². The second kappa shape index (κ2) is 8.47. The van der Waals surface area contributed by atoms with Crippen molar-refractivity contribution in [3.05, 3.63) is 109 Å². The lowest BCUT2D eigenvalue weighted by molar-refractivity contribution is 0.462. The summed E-state index contributed by atoms with van der Waals surface area (Å²) in [7, 11) is -9.26. The molecule has 0 aliphatic carbocycles. The van der Waals surface area contributed by atoms with Crippen molar-refractivity contribution in [3.8, 4) is 22.3 Å². The monoisotopic (exact) mass is 450 g/mol. The quantitative estimate of drug-likeness (QED) is 0.408. The zero-order valence-electron chi connectivity index (χ0n) is 16.3. The minimum Gasteiger partial charge on any atom is -0.193 e. The van der Waals surface area contributed by atoms with Gasteiger partial charge in [-0.25, -0.2) is 0 Å². The third-order valence-corrected chi connectivity index (χ3v) is 7.88. The summed E-state index contributed by atoms with van der Waals surface area (Å²) in [6, 6.07) is 29.9. The van der Waals surface area contributed by atoms with E-state index >= 15 is 0 Å². The van der Waals surface area contributed by atoms with Crippen LogP contribution in [0.4, 0.5) is 0 Å². The zero-order valence-corrected chi connectivity index (χ0v) is 17.9. The van der Waals surface area contributed by atoms with Crippen LogP contribution in [0.2, 0.25) is 0 Å². The minimum absolute atomic E-state index is 0.220. The highest BCUT2D eigenvalue weighted by Gasteiger charge is 2.30. The Morgan fingerprint density at radius 3 is 1.13 bits per heavy atom. The summed E-state index contributed by atoms with van der Waals surface area (Å²) in [5, 5.41) is 0. The average molecular weight is 451 g/mol. The molecule has 0 amide bonds. The molecule has 0 fully saturated rings. The van der Waals surface area contributed by atoms with Gasteiger partial charge in [-0.2, -0.15) is 16.8 Å². The van der Waals surface area contributed by atoms with E-state index in [9.17, 15) is 16.8 Å². The van der Waals surface area contributed by atoms with Crippen molar-refractivity contribution in [2.24, 2.45) is 0 Å². The number of rotatable bonds is 6. The lowest BCUT2D eigenvalue weighted by atomic mass is 10.1. The molecule has 0 unspecified atom stereocenters. The van der Waals surface area contributed by atoms with Crippen LogP contribution < -0.4 is 0 Å². The summed E-state index contributed by atoms with van der Waals surface area (Å²) < 4.78 is 57.1. The van der Waals surface area contributed by atoms with E-state index in [1.807, 2.05) is 12.1 Å². The maximum Gasteiger partial charge on any atom is 0.312 e. The van der Waals surface area contributed by atoms with Crippen LogP contribution in [0.3, 0.4) is 0 Å². The Morgan fingerprint density at radius 2 is 0.742 bits per heavy atom. The molecule has 7 heteroatoms. The molecule has 5 nitrogen and oxygen atoms in total. The molecule has 4 aromatic carbocycles. The molecule has 0 saturated carbocycles. The molecule has 0 saturated heterocycles. The van der Waals surface area contributed by atoms with Gasteiger partial charge in [0.15, 0.2) is 0 Å². The van der Waals surface area contributed by atoms with Crippen molar-refractivity contribution in [2.45, 2.75) is 9.79 Å². The second-order valence-electron chi connectivity index (χ2n) is 6.70. The maximum absolute atomic E-state index is 13.1. The summed E-state index contributed by atoms with van der Waals surface area (Å²) in [5.74, 6) is 0. The summed E-state index contributed by atoms with van der Waals surface area (Å²) in [6.07, 6.45) is 0. The molecule has 156 valence electrons. The smallest absolute Gasteiger partial charge is 0.193 e. The molecular formula is C24H18O5S2. The van der Waals surface area contributed by atoms with Gasteiger partial charge in [0, 0.05) is 11.1 Å². The molecule has 0 aliphatic heterocycles. The molecule has 0 aromatic heterocycles. The number of benzene rings is 4. The van der Waals surface area contributed by atoms with Gasteiger partial charge in [-0.3, -0.25) is 0 Å². The number of hydrogen-bond donors (Lipinski definition) is 0. The van der Waals surface area contributed by atoms with Crippen molar-refractivity contribution >= 4 is 20.2 Å². The van der Waals surface area contributed by atoms with Crippen molar-refractivity contribution < 1.29 is 20.5 Å². The average Bonchev–Trinajstić information content (AvgIpc) is 2.80. The van der Waals surface area contributed by atoms with Crippen molar-refractivity contribution in [3.63, 3.8) is 0 Å². The lowest BCUT2D eigenvalue weighted by Crippen LogP contribution is -2.15. The van der Waals surface area contributed by atoms with Crippen LogP contribution in [0.1, 0.15) is 0 Å². The summed E-state index contributed by atoms with van der Waals surface area (Å²) in [5.41, 5.74) is 1.98. The topological polar surface area (TPSA) is 77.5 Å². The fourth-order valence-electron chi connectivity index (χ4n) is 3.27. The molecule has 4 rings (SSSR count). The van der Waals surface area contributed by atoms with E-state index in [4.69, 9.17) is 3.63 Å². The molecule has 0 radical (unpaired) electrons. The van der Waals surface area contributed by atoms with Crippen LogP contribution in [-0.2, 0) is 23.9 Å². The summed E-state index contributed by atoms with van der Waals surface area (Å²) in [4.78, 5) is -0.441. The Balaban J connectivity index is 1.78. The third-order valence-electron chi connectivity index (χ3n) is 4.66. The molecule has 0 N–H and O–H groups in total. The van der Waals surface area contributed by atoms with E-state index in [1.54, 1.807) is 72.8 Å². The molecule has 0 heterocycles.